The van der Waals surface area contributed by atoms with Gasteiger partial charge in [0.1, 0.15) is 16.3 Å². The fraction of sp³-hybridized carbons (Fsp3) is 0.206. The number of nitro groups is 2. The summed E-state index contributed by atoms with van der Waals surface area (Å²) in [6, 6.07) is 25.0. The number of nitrogens with zero attached hydrogens (tertiary/aromatic N) is 4. The number of rotatable bonds is 10. The maximum absolute atomic E-state index is 10.8. The lowest BCUT2D eigenvalue weighted by Gasteiger charge is -2.05. The number of hydrogen-bond acceptors (Lipinski definition) is 11. The van der Waals surface area contributed by atoms with E-state index >= 15 is 0 Å². The van der Waals surface area contributed by atoms with E-state index in [2.05, 4.69) is 22.2 Å². The molecule has 0 saturated heterocycles. The highest BCUT2D eigenvalue weighted by Crippen LogP contribution is 2.34. The maximum Gasteiger partial charge on any atom is 0.270 e. The summed E-state index contributed by atoms with van der Waals surface area (Å²) in [5, 5.41) is 26.7. The first-order valence-corrected chi connectivity index (χ1v) is 16.6. The van der Waals surface area contributed by atoms with Crippen LogP contribution < -0.4 is 11.1 Å². The van der Waals surface area contributed by atoms with Crippen LogP contribution in [-0.4, -0.2) is 32.6 Å². The van der Waals surface area contributed by atoms with Crippen molar-refractivity contribution in [2.75, 3.05) is 17.6 Å². The van der Waals surface area contributed by atoms with Gasteiger partial charge in [0.25, 0.3) is 11.4 Å². The number of aromatic nitrogens is 2. The Hall–Kier alpha value is -5.27. The molecular formula is C34H34N6O5S2. The quantitative estimate of drug-likeness (QED) is 0.0474. The largest absolute Gasteiger partial charge is 0.399 e. The predicted molar refractivity (Wildman–Crippen MR) is 192 cm³/mol. The minimum atomic E-state index is -0.401. The molecule has 47 heavy (non-hydrogen) atoms. The van der Waals surface area contributed by atoms with Crippen LogP contribution >= 0.6 is 22.7 Å². The van der Waals surface area contributed by atoms with Gasteiger partial charge in [-0.3, -0.25) is 20.2 Å². The van der Waals surface area contributed by atoms with E-state index in [9.17, 15) is 25.0 Å². The number of carbonyl (C=O) groups excluding carboxylic acids is 1. The summed E-state index contributed by atoms with van der Waals surface area (Å²) in [4.78, 5) is 39.2. The number of aldehydes is 1. The van der Waals surface area contributed by atoms with Crippen molar-refractivity contribution in [1.82, 2.24) is 9.97 Å². The molecular weight excluding hydrogens is 637 g/mol. The summed E-state index contributed by atoms with van der Waals surface area (Å²) in [5.41, 5.74) is 11.2. The summed E-state index contributed by atoms with van der Waals surface area (Å²) in [6.07, 6.45) is 4.94. The molecule has 0 atom stereocenters. The first-order valence-electron chi connectivity index (χ1n) is 15.0. The van der Waals surface area contributed by atoms with E-state index in [0.717, 1.165) is 72.9 Å². The van der Waals surface area contributed by atoms with Crippen LogP contribution in [-0.2, 0) is 4.79 Å². The number of benzene rings is 4. The van der Waals surface area contributed by atoms with Crippen molar-refractivity contribution in [2.45, 2.75) is 39.5 Å². The molecule has 2 heterocycles. The van der Waals surface area contributed by atoms with Crippen molar-refractivity contribution in [2.24, 2.45) is 0 Å². The molecule has 0 fully saturated rings. The van der Waals surface area contributed by atoms with Gasteiger partial charge in [-0.25, -0.2) is 9.97 Å². The lowest BCUT2D eigenvalue weighted by Crippen LogP contribution is -2.00. The van der Waals surface area contributed by atoms with Crippen LogP contribution in [0.1, 0.15) is 39.5 Å². The third-order valence-electron chi connectivity index (χ3n) is 6.72. The van der Waals surface area contributed by atoms with Gasteiger partial charge >= 0.3 is 0 Å². The number of non-ortho nitro benzene ring substituents is 2. The zero-order chi connectivity index (χ0) is 33.8. The average molecular weight is 671 g/mol. The van der Waals surface area contributed by atoms with Crippen LogP contribution in [0.5, 0.6) is 0 Å². The van der Waals surface area contributed by atoms with Gasteiger partial charge in [-0.2, -0.15) is 0 Å². The zero-order valence-electron chi connectivity index (χ0n) is 25.9. The number of thiazole rings is 2. The number of nitrogens with two attached hydrogens (primary N) is 1. The molecule has 0 aliphatic rings. The van der Waals surface area contributed by atoms with Crippen LogP contribution in [0.25, 0.3) is 41.6 Å². The first-order chi connectivity index (χ1) is 22.7. The van der Waals surface area contributed by atoms with Gasteiger partial charge in [-0.05, 0) is 73.5 Å². The molecule has 0 unspecified atom stereocenters. The number of nitrogens with one attached hydrogen (secondary N) is 1. The zero-order valence-corrected chi connectivity index (χ0v) is 27.6. The molecule has 242 valence electrons. The molecule has 2 aromatic heterocycles. The van der Waals surface area contributed by atoms with Gasteiger partial charge in [0, 0.05) is 59.7 Å². The lowest BCUT2D eigenvalue weighted by molar-refractivity contribution is -0.384. The molecule has 0 radical (unpaired) electrons. The Morgan fingerprint density at radius 2 is 1.23 bits per heavy atom. The Labute approximate surface area is 279 Å². The van der Waals surface area contributed by atoms with Gasteiger partial charge in [0.2, 0.25) is 0 Å². The van der Waals surface area contributed by atoms with Crippen molar-refractivity contribution in [3.05, 3.63) is 105 Å². The molecule has 11 nitrogen and oxygen atoms in total. The molecule has 3 N–H and O–H groups in total. The number of fused-ring (bicyclic) bond motifs is 2. The number of unbranched alkanes of at least 4 members (excludes halogenated alkanes) is 2. The third kappa shape index (κ3) is 9.61. The van der Waals surface area contributed by atoms with Crippen molar-refractivity contribution < 1.29 is 14.6 Å². The van der Waals surface area contributed by atoms with Gasteiger partial charge in [0.05, 0.1) is 30.3 Å². The number of anilines is 2. The van der Waals surface area contributed by atoms with Gasteiger partial charge in [-0.1, -0.05) is 20.3 Å². The normalized spacial score (nSPS) is 10.4. The molecule has 0 bridgehead atoms. The van der Waals surface area contributed by atoms with Crippen molar-refractivity contribution in [3.63, 3.8) is 0 Å². The Kier molecular flexibility index (Phi) is 12.4. The number of hydrogen-bond donors (Lipinski definition) is 2. The summed E-state index contributed by atoms with van der Waals surface area (Å²) in [7, 11) is 0. The third-order valence-corrected chi connectivity index (χ3v) is 8.86. The van der Waals surface area contributed by atoms with Crippen molar-refractivity contribution in [3.8, 4) is 21.1 Å². The van der Waals surface area contributed by atoms with E-state index in [1.807, 2.05) is 55.5 Å². The number of nitro benzene ring substituents is 2. The second-order valence-electron chi connectivity index (χ2n) is 10.3. The highest BCUT2D eigenvalue weighted by molar-refractivity contribution is 7.22. The second-order valence-corrected chi connectivity index (χ2v) is 12.4. The van der Waals surface area contributed by atoms with Crippen LogP contribution in [0, 0.1) is 20.2 Å². The highest BCUT2D eigenvalue weighted by Gasteiger charge is 2.12. The van der Waals surface area contributed by atoms with E-state index in [-0.39, 0.29) is 16.3 Å². The Balaban J connectivity index is 0.000000189. The highest BCUT2D eigenvalue weighted by atomic mass is 32.1. The minimum Gasteiger partial charge on any atom is -0.399 e. The first kappa shape index (κ1) is 34.6. The van der Waals surface area contributed by atoms with E-state index in [1.165, 1.54) is 41.2 Å². The lowest BCUT2D eigenvalue weighted by atomic mass is 10.2. The molecule has 0 spiro atoms. The topological polar surface area (TPSA) is 167 Å². The fourth-order valence-electron chi connectivity index (χ4n) is 4.18. The fourth-order valence-corrected chi connectivity index (χ4v) is 6.19. The van der Waals surface area contributed by atoms with Crippen LogP contribution in [0.3, 0.4) is 0 Å². The minimum absolute atomic E-state index is 0.0833. The van der Waals surface area contributed by atoms with Crippen LogP contribution in [0.2, 0.25) is 0 Å². The Morgan fingerprint density at radius 3 is 1.64 bits per heavy atom. The average Bonchev–Trinajstić information content (AvgIpc) is 3.70. The van der Waals surface area contributed by atoms with E-state index in [0.29, 0.717) is 12.1 Å². The van der Waals surface area contributed by atoms with Gasteiger partial charge in [-0.15, -0.1) is 22.7 Å². The maximum atomic E-state index is 10.8. The summed E-state index contributed by atoms with van der Waals surface area (Å²) in [6.45, 7) is 5.12. The Bertz CT molecular complexity index is 1960. The number of nitrogen functional groups attached to an aromatic ring is 1. The van der Waals surface area contributed by atoms with Crippen molar-refractivity contribution in [1.29, 1.82) is 0 Å². The van der Waals surface area contributed by atoms with Crippen molar-refractivity contribution >= 4 is 72.1 Å². The molecule has 0 aliphatic carbocycles. The van der Waals surface area contributed by atoms with E-state index in [1.54, 1.807) is 24.3 Å². The summed E-state index contributed by atoms with van der Waals surface area (Å²) in [5.74, 6) is 0. The number of carbonyl (C=O) groups is 1. The molecule has 6 aromatic rings. The summed E-state index contributed by atoms with van der Waals surface area (Å²) >= 11 is 2.90. The molecule has 13 heteroatoms. The van der Waals surface area contributed by atoms with Crippen LogP contribution in [0.15, 0.2) is 84.9 Å². The smallest absolute Gasteiger partial charge is 0.270 e. The second kappa shape index (κ2) is 16.9. The summed E-state index contributed by atoms with van der Waals surface area (Å²) < 4.78 is 1.64. The van der Waals surface area contributed by atoms with Gasteiger partial charge in [0.15, 0.2) is 0 Å². The van der Waals surface area contributed by atoms with Gasteiger partial charge < -0.3 is 15.8 Å². The molecule has 0 amide bonds. The molecule has 4 aromatic carbocycles. The SMILES string of the molecule is CCCC=O.CCCCNc1ccc(-c2nc3ccc([N+](=O)[O-])cc3s2)cc1.Nc1ccc(-c2nc3ccc([N+](=O)[O-])cc3s2)cc1. The standard InChI is InChI=1S/C17H17N3O2S.C13H9N3O2S.C4H8O/c1-2-3-10-18-13-6-4-12(5-7-13)17-19-15-9-8-14(20(21)22)11-16(15)23-17;14-9-3-1-8(2-4-9)13-15-11-6-5-10(16(17)18)7-12(11)19-13;1-2-3-4-5/h4-9,11,18H,2-3,10H2,1H3;1-7H,14H2;4H,2-3H2,1H3. The van der Waals surface area contributed by atoms with E-state index < -0.39 is 4.92 Å². The van der Waals surface area contributed by atoms with Crippen LogP contribution in [0.4, 0.5) is 22.7 Å². The molecule has 0 aliphatic heterocycles. The molecule has 6 rings (SSSR count). The predicted octanol–water partition coefficient (Wildman–Crippen LogP) is 9.52. The van der Waals surface area contributed by atoms with E-state index in [4.69, 9.17) is 5.73 Å². The molecule has 0 saturated carbocycles. The monoisotopic (exact) mass is 670 g/mol. The Morgan fingerprint density at radius 1 is 0.745 bits per heavy atom.